The van der Waals surface area contributed by atoms with Crippen LogP contribution in [0.15, 0.2) is 59.5 Å². The van der Waals surface area contributed by atoms with E-state index in [0.29, 0.717) is 11.5 Å². The first kappa shape index (κ1) is 19.8. The molecule has 1 aliphatic heterocycles. The number of carbonyl (C=O) groups excluding carboxylic acids is 2. The summed E-state index contributed by atoms with van der Waals surface area (Å²) in [4.78, 5) is 23.7. The van der Waals surface area contributed by atoms with Crippen LogP contribution < -0.4 is 20.1 Å². The molecule has 148 valence electrons. The summed E-state index contributed by atoms with van der Waals surface area (Å²) in [5.41, 5.74) is -2.73. The average Bonchev–Trinajstić information content (AvgIpc) is 2.89. The molecule has 1 fully saturated rings. The van der Waals surface area contributed by atoms with Crippen LogP contribution in [0.4, 0.5) is 4.79 Å². The molecule has 9 heteroatoms. The molecule has 1 atom stereocenters. The number of carbonyl (C=O) groups is 2. The van der Waals surface area contributed by atoms with Crippen LogP contribution in [0, 0.1) is 0 Å². The molecule has 1 aliphatic rings. The second-order valence-corrected chi connectivity index (χ2v) is 8.83. The third kappa shape index (κ3) is 3.71. The van der Waals surface area contributed by atoms with Crippen molar-refractivity contribution in [1.29, 1.82) is 0 Å². The van der Waals surface area contributed by atoms with Crippen molar-refractivity contribution in [2.75, 3.05) is 0 Å². The monoisotopic (exact) mass is 403 g/mol. The van der Waals surface area contributed by atoms with Gasteiger partial charge in [0.15, 0.2) is 0 Å². The van der Waals surface area contributed by atoms with Crippen molar-refractivity contribution >= 4 is 22.0 Å². The highest BCUT2D eigenvalue weighted by Crippen LogP contribution is 2.28. The summed E-state index contributed by atoms with van der Waals surface area (Å²) in [6.45, 7) is 4.53. The summed E-state index contributed by atoms with van der Waals surface area (Å²) in [5, 5.41) is 4.61. The quantitative estimate of drug-likeness (QED) is 0.640. The van der Waals surface area contributed by atoms with E-state index in [1.54, 1.807) is 24.3 Å². The summed E-state index contributed by atoms with van der Waals surface area (Å²) in [6, 6.07) is 14.3. The van der Waals surface area contributed by atoms with E-state index in [-0.39, 0.29) is 4.90 Å². The molecule has 0 saturated carbocycles. The number of para-hydroxylation sites is 1. The lowest BCUT2D eigenvalue weighted by Gasteiger charge is -2.38. The van der Waals surface area contributed by atoms with E-state index in [1.165, 1.54) is 32.9 Å². The van der Waals surface area contributed by atoms with Crippen molar-refractivity contribution in [2.24, 2.45) is 0 Å². The third-order valence-corrected chi connectivity index (χ3v) is 6.47. The molecule has 0 aromatic heterocycles. The molecule has 3 rings (SSSR count). The molecule has 1 saturated heterocycles. The smallest absolute Gasteiger partial charge is 0.322 e. The van der Waals surface area contributed by atoms with E-state index in [0.717, 1.165) is 0 Å². The maximum absolute atomic E-state index is 12.8. The minimum atomic E-state index is -3.96. The standard InChI is InChI=1S/C19H21N3O5S/c1-18(2,19(3)16(23)20-17(24)21-19)22-28(25,26)15-11-9-14(10-12-15)27-13-7-5-4-6-8-13/h4-12,22H,1-3H3,(H2,20,21,23,24)/t19-/m1/s1. The molecular weight excluding hydrogens is 382 g/mol. The number of urea groups is 1. The van der Waals surface area contributed by atoms with Crippen LogP contribution in [0.1, 0.15) is 20.8 Å². The Labute approximate surface area is 163 Å². The molecule has 3 N–H and O–H groups in total. The fraction of sp³-hybridized carbons (Fsp3) is 0.263. The molecule has 1 heterocycles. The van der Waals surface area contributed by atoms with Crippen molar-refractivity contribution in [3.05, 3.63) is 54.6 Å². The summed E-state index contributed by atoms with van der Waals surface area (Å²) < 4.78 is 33.8. The predicted molar refractivity (Wildman–Crippen MR) is 102 cm³/mol. The molecule has 0 unspecified atom stereocenters. The van der Waals surface area contributed by atoms with E-state index in [2.05, 4.69) is 15.4 Å². The van der Waals surface area contributed by atoms with Crippen LogP contribution in [0.5, 0.6) is 11.5 Å². The van der Waals surface area contributed by atoms with Crippen LogP contribution in [-0.2, 0) is 14.8 Å². The second kappa shape index (κ2) is 6.92. The number of ether oxygens (including phenoxy) is 1. The third-order valence-electron chi connectivity index (χ3n) is 4.80. The summed E-state index contributed by atoms with van der Waals surface area (Å²) in [5.74, 6) is 0.517. The van der Waals surface area contributed by atoms with Crippen LogP contribution in [0.2, 0.25) is 0 Å². The highest BCUT2D eigenvalue weighted by Gasteiger charge is 2.54. The van der Waals surface area contributed by atoms with Crippen molar-refractivity contribution in [1.82, 2.24) is 15.4 Å². The van der Waals surface area contributed by atoms with E-state index in [4.69, 9.17) is 4.74 Å². The summed E-state index contributed by atoms with van der Waals surface area (Å²) in [7, 11) is -3.96. The van der Waals surface area contributed by atoms with Gasteiger partial charge in [-0.3, -0.25) is 10.1 Å². The summed E-state index contributed by atoms with van der Waals surface area (Å²) >= 11 is 0. The van der Waals surface area contributed by atoms with Crippen LogP contribution in [0.25, 0.3) is 0 Å². The zero-order valence-corrected chi connectivity index (χ0v) is 16.5. The van der Waals surface area contributed by atoms with Gasteiger partial charge in [0.25, 0.3) is 5.91 Å². The van der Waals surface area contributed by atoms with Crippen LogP contribution in [-0.4, -0.2) is 31.4 Å². The van der Waals surface area contributed by atoms with Crippen molar-refractivity contribution in [2.45, 2.75) is 36.7 Å². The van der Waals surface area contributed by atoms with Gasteiger partial charge in [0.2, 0.25) is 10.0 Å². The number of amides is 3. The highest BCUT2D eigenvalue weighted by molar-refractivity contribution is 7.89. The van der Waals surface area contributed by atoms with Gasteiger partial charge >= 0.3 is 6.03 Å². The number of imide groups is 1. The number of hydrogen-bond acceptors (Lipinski definition) is 5. The molecular formula is C19H21N3O5S. The van der Waals surface area contributed by atoms with Crippen molar-refractivity contribution in [3.63, 3.8) is 0 Å². The molecule has 28 heavy (non-hydrogen) atoms. The molecule has 2 aromatic rings. The van der Waals surface area contributed by atoms with Gasteiger partial charge in [0.1, 0.15) is 17.0 Å². The fourth-order valence-electron chi connectivity index (χ4n) is 2.79. The maximum atomic E-state index is 12.8. The Kier molecular flexibility index (Phi) is 4.90. The first-order chi connectivity index (χ1) is 13.0. The number of nitrogens with one attached hydrogen (secondary N) is 3. The summed E-state index contributed by atoms with van der Waals surface area (Å²) in [6.07, 6.45) is 0. The van der Waals surface area contributed by atoms with Gasteiger partial charge in [0, 0.05) is 0 Å². The highest BCUT2D eigenvalue weighted by atomic mass is 32.2. The Balaban J connectivity index is 1.79. The topological polar surface area (TPSA) is 114 Å². The first-order valence-corrected chi connectivity index (χ1v) is 10.0. The van der Waals surface area contributed by atoms with Gasteiger partial charge in [-0.1, -0.05) is 18.2 Å². The van der Waals surface area contributed by atoms with Gasteiger partial charge in [-0.15, -0.1) is 0 Å². The Morgan fingerprint density at radius 3 is 2.07 bits per heavy atom. The normalized spacial score (nSPS) is 19.8. The van der Waals surface area contributed by atoms with Gasteiger partial charge in [-0.05, 0) is 57.2 Å². The SMILES string of the molecule is CC(C)(NS(=O)(=O)c1ccc(Oc2ccccc2)cc1)[C@]1(C)NC(=O)NC1=O. The molecule has 0 bridgehead atoms. The lowest BCUT2D eigenvalue weighted by atomic mass is 9.82. The minimum Gasteiger partial charge on any atom is -0.457 e. The zero-order valence-electron chi connectivity index (χ0n) is 15.6. The number of rotatable bonds is 6. The Morgan fingerprint density at radius 1 is 0.964 bits per heavy atom. The maximum Gasteiger partial charge on any atom is 0.322 e. The number of hydrogen-bond donors (Lipinski definition) is 3. The molecule has 3 amide bonds. The van der Waals surface area contributed by atoms with Gasteiger partial charge in [0.05, 0.1) is 10.4 Å². The fourth-order valence-corrected chi connectivity index (χ4v) is 4.28. The lowest BCUT2D eigenvalue weighted by molar-refractivity contribution is -0.125. The van der Waals surface area contributed by atoms with E-state index in [1.807, 2.05) is 18.2 Å². The van der Waals surface area contributed by atoms with Crippen molar-refractivity contribution in [3.8, 4) is 11.5 Å². The minimum absolute atomic E-state index is 0.00863. The van der Waals surface area contributed by atoms with Crippen LogP contribution >= 0.6 is 0 Å². The van der Waals surface area contributed by atoms with Gasteiger partial charge < -0.3 is 10.1 Å². The van der Waals surface area contributed by atoms with Crippen LogP contribution in [0.3, 0.4) is 0 Å². The van der Waals surface area contributed by atoms with Crippen molar-refractivity contribution < 1.29 is 22.7 Å². The van der Waals surface area contributed by atoms with E-state index >= 15 is 0 Å². The van der Waals surface area contributed by atoms with Gasteiger partial charge in [-0.2, -0.15) is 0 Å². The molecule has 0 spiro atoms. The van der Waals surface area contributed by atoms with Gasteiger partial charge in [-0.25, -0.2) is 17.9 Å². The molecule has 0 radical (unpaired) electrons. The first-order valence-electron chi connectivity index (χ1n) is 8.54. The number of sulfonamides is 1. The Hall–Kier alpha value is -2.91. The second-order valence-electron chi connectivity index (χ2n) is 7.15. The molecule has 8 nitrogen and oxygen atoms in total. The number of benzene rings is 2. The molecule has 0 aliphatic carbocycles. The Morgan fingerprint density at radius 2 is 1.54 bits per heavy atom. The zero-order chi connectivity index (χ0) is 20.6. The largest absolute Gasteiger partial charge is 0.457 e. The molecule has 2 aromatic carbocycles. The average molecular weight is 403 g/mol. The van der Waals surface area contributed by atoms with E-state index < -0.39 is 33.0 Å². The van der Waals surface area contributed by atoms with E-state index in [9.17, 15) is 18.0 Å². The predicted octanol–water partition coefficient (Wildman–Crippen LogP) is 2.13. The Bertz CT molecular complexity index is 1000. The lowest BCUT2D eigenvalue weighted by Crippen LogP contribution is -2.67.